The number of benzene rings is 1. The van der Waals surface area contributed by atoms with E-state index < -0.39 is 0 Å². The molecule has 0 N–H and O–H groups in total. The number of tetrazole rings is 1. The molecule has 0 aliphatic rings. The van der Waals surface area contributed by atoms with Gasteiger partial charge in [-0.15, -0.1) is 16.9 Å². The first kappa shape index (κ1) is 14.6. The molecule has 0 saturated carbocycles. The molecule has 0 spiro atoms. The van der Waals surface area contributed by atoms with E-state index in [4.69, 9.17) is 23.2 Å². The molecule has 1 aromatic carbocycles. The molecule has 0 fully saturated rings. The largest absolute Gasteiger partial charge is 0.229 e. The van der Waals surface area contributed by atoms with Crippen molar-refractivity contribution in [3.63, 3.8) is 0 Å². The van der Waals surface area contributed by atoms with Gasteiger partial charge >= 0.3 is 0 Å². The summed E-state index contributed by atoms with van der Waals surface area (Å²) in [6, 6.07) is 5.55. The Morgan fingerprint density at radius 2 is 1.95 bits per heavy atom. The molecule has 4 nitrogen and oxygen atoms in total. The monoisotopic (exact) mass is 316 g/mol. The third-order valence-corrected chi connectivity index (χ3v) is 4.24. The van der Waals surface area contributed by atoms with Crippen molar-refractivity contribution in [3.8, 4) is 0 Å². The van der Waals surface area contributed by atoms with E-state index in [2.05, 4.69) is 22.4 Å². The van der Waals surface area contributed by atoms with Crippen LogP contribution in [0.15, 0.2) is 18.2 Å². The van der Waals surface area contributed by atoms with Gasteiger partial charge in [-0.25, -0.2) is 4.68 Å². The summed E-state index contributed by atoms with van der Waals surface area (Å²) >= 11 is 14.0. The average molecular weight is 317 g/mol. The topological polar surface area (TPSA) is 43.6 Å². The minimum Gasteiger partial charge on any atom is -0.229 e. The van der Waals surface area contributed by atoms with Crippen LogP contribution < -0.4 is 0 Å². The molecule has 1 aromatic heterocycles. The number of rotatable bonds is 6. The molecule has 19 heavy (non-hydrogen) atoms. The zero-order chi connectivity index (χ0) is 13.7. The first-order chi connectivity index (χ1) is 9.22. The highest BCUT2D eigenvalue weighted by atomic mass is 35.5. The van der Waals surface area contributed by atoms with Crippen molar-refractivity contribution in [1.29, 1.82) is 0 Å². The van der Waals surface area contributed by atoms with E-state index in [1.807, 2.05) is 22.9 Å². The van der Waals surface area contributed by atoms with Crippen LogP contribution in [0.5, 0.6) is 0 Å². The van der Waals surface area contributed by atoms with E-state index >= 15 is 0 Å². The Morgan fingerprint density at radius 3 is 2.63 bits per heavy atom. The maximum Gasteiger partial charge on any atom is 0.161 e. The van der Waals surface area contributed by atoms with Gasteiger partial charge in [-0.2, -0.15) is 0 Å². The smallest absolute Gasteiger partial charge is 0.161 e. The van der Waals surface area contributed by atoms with Crippen LogP contribution in [0.1, 0.15) is 24.7 Å². The van der Waals surface area contributed by atoms with Crippen LogP contribution in [0.3, 0.4) is 0 Å². The summed E-state index contributed by atoms with van der Waals surface area (Å²) in [6.07, 6.45) is 1.01. The second-order valence-electron chi connectivity index (χ2n) is 4.01. The fourth-order valence-corrected chi connectivity index (χ4v) is 3.32. The van der Waals surface area contributed by atoms with Crippen LogP contribution in [0.25, 0.3) is 0 Å². The summed E-state index contributed by atoms with van der Waals surface area (Å²) < 4.78 is 1.83. The van der Waals surface area contributed by atoms with Gasteiger partial charge in [0.25, 0.3) is 0 Å². The lowest BCUT2D eigenvalue weighted by Gasteiger charge is -2.06. The Hall–Kier alpha value is -0.780. The first-order valence-corrected chi connectivity index (χ1v) is 7.89. The van der Waals surface area contributed by atoms with E-state index in [-0.39, 0.29) is 0 Å². The van der Waals surface area contributed by atoms with Crippen molar-refractivity contribution in [2.24, 2.45) is 0 Å². The molecule has 1 heterocycles. The minimum absolute atomic E-state index is 0.702. The summed E-state index contributed by atoms with van der Waals surface area (Å²) in [6.45, 7) is 2.94. The molecule has 102 valence electrons. The highest BCUT2D eigenvalue weighted by Crippen LogP contribution is 2.29. The van der Waals surface area contributed by atoms with Crippen LogP contribution in [0.2, 0.25) is 10.0 Å². The summed E-state index contributed by atoms with van der Waals surface area (Å²) in [5.74, 6) is 2.38. The van der Waals surface area contributed by atoms with Gasteiger partial charge in [0.15, 0.2) is 5.82 Å². The number of nitrogens with zero attached hydrogens (tertiary/aromatic N) is 4. The fraction of sp³-hybridized carbons (Fsp3) is 0.417. The molecular weight excluding hydrogens is 303 g/mol. The van der Waals surface area contributed by atoms with Gasteiger partial charge in [0.2, 0.25) is 0 Å². The van der Waals surface area contributed by atoms with Gasteiger partial charge in [-0.1, -0.05) is 36.2 Å². The van der Waals surface area contributed by atoms with Gasteiger partial charge in [-0.3, -0.25) is 0 Å². The van der Waals surface area contributed by atoms with Gasteiger partial charge in [0.05, 0.1) is 5.75 Å². The molecule has 0 saturated heterocycles. The number of hydrogen-bond donors (Lipinski definition) is 0. The molecule has 2 rings (SSSR count). The third kappa shape index (κ3) is 3.84. The number of aromatic nitrogens is 4. The van der Waals surface area contributed by atoms with E-state index in [0.29, 0.717) is 10.0 Å². The number of aryl methyl sites for hydroxylation is 1. The number of halogens is 2. The quantitative estimate of drug-likeness (QED) is 0.812. The van der Waals surface area contributed by atoms with Crippen LogP contribution in [0, 0.1) is 0 Å². The van der Waals surface area contributed by atoms with Crippen molar-refractivity contribution in [2.45, 2.75) is 31.4 Å². The van der Waals surface area contributed by atoms with Crippen LogP contribution in [-0.4, -0.2) is 20.2 Å². The second-order valence-corrected chi connectivity index (χ2v) is 5.81. The van der Waals surface area contributed by atoms with Crippen LogP contribution in [-0.2, 0) is 18.1 Å². The Kier molecular flexibility index (Phi) is 5.48. The lowest BCUT2D eigenvalue weighted by molar-refractivity contribution is 0.564. The molecule has 0 bridgehead atoms. The Labute approximate surface area is 126 Å². The van der Waals surface area contributed by atoms with Gasteiger partial charge in [0.1, 0.15) is 0 Å². The van der Waals surface area contributed by atoms with E-state index in [1.165, 1.54) is 0 Å². The Balaban J connectivity index is 1.95. The summed E-state index contributed by atoms with van der Waals surface area (Å²) in [4.78, 5) is 0. The highest BCUT2D eigenvalue weighted by molar-refractivity contribution is 7.97. The molecule has 0 radical (unpaired) electrons. The zero-order valence-corrected chi connectivity index (χ0v) is 12.8. The lowest BCUT2D eigenvalue weighted by Crippen LogP contribution is -2.04. The molecule has 2 aromatic rings. The van der Waals surface area contributed by atoms with E-state index in [9.17, 15) is 0 Å². The van der Waals surface area contributed by atoms with Crippen molar-refractivity contribution in [2.75, 3.05) is 0 Å². The van der Waals surface area contributed by atoms with Crippen LogP contribution >= 0.6 is 35.0 Å². The molecular formula is C12H14Cl2N4S. The zero-order valence-electron chi connectivity index (χ0n) is 10.5. The molecule has 7 heteroatoms. The summed E-state index contributed by atoms with van der Waals surface area (Å²) in [7, 11) is 0. The van der Waals surface area contributed by atoms with Crippen molar-refractivity contribution < 1.29 is 0 Å². The van der Waals surface area contributed by atoms with E-state index in [1.54, 1.807) is 11.8 Å². The standard InChI is InChI=1S/C12H14Cl2N4S/c1-2-6-18-12(15-16-17-18)8-19-7-9-10(13)4-3-5-11(9)14/h3-5H,2,6-8H2,1H3. The predicted molar refractivity (Wildman–Crippen MR) is 79.6 cm³/mol. The number of hydrogen-bond acceptors (Lipinski definition) is 4. The maximum atomic E-state index is 6.13. The molecule has 0 aliphatic heterocycles. The Bertz CT molecular complexity index is 524. The maximum absolute atomic E-state index is 6.13. The molecule has 0 unspecified atom stereocenters. The number of thioether (sulfide) groups is 1. The molecule has 0 atom stereocenters. The van der Waals surface area contributed by atoms with Crippen molar-refractivity contribution >= 4 is 35.0 Å². The average Bonchev–Trinajstić information content (AvgIpc) is 2.81. The SMILES string of the molecule is CCCn1nnnc1CSCc1c(Cl)cccc1Cl. The second kappa shape index (κ2) is 7.12. The minimum atomic E-state index is 0.702. The van der Waals surface area contributed by atoms with E-state index in [0.717, 1.165) is 35.9 Å². The van der Waals surface area contributed by atoms with Gasteiger partial charge in [0, 0.05) is 22.3 Å². The van der Waals surface area contributed by atoms with Crippen molar-refractivity contribution in [1.82, 2.24) is 20.2 Å². The summed E-state index contributed by atoms with van der Waals surface area (Å²) in [5.41, 5.74) is 0.963. The first-order valence-electron chi connectivity index (χ1n) is 5.98. The lowest BCUT2D eigenvalue weighted by atomic mass is 10.2. The molecule has 0 amide bonds. The Morgan fingerprint density at radius 1 is 1.21 bits per heavy atom. The summed E-state index contributed by atoms with van der Waals surface area (Å²) in [5, 5.41) is 13.1. The van der Waals surface area contributed by atoms with Gasteiger partial charge in [-0.05, 0) is 34.5 Å². The third-order valence-electron chi connectivity index (χ3n) is 2.58. The predicted octanol–water partition coefficient (Wildman–Crippen LogP) is 3.82. The van der Waals surface area contributed by atoms with Crippen LogP contribution in [0.4, 0.5) is 0 Å². The highest BCUT2D eigenvalue weighted by Gasteiger charge is 2.08. The fourth-order valence-electron chi connectivity index (χ4n) is 1.63. The van der Waals surface area contributed by atoms with Gasteiger partial charge < -0.3 is 0 Å². The molecule has 0 aliphatic carbocycles. The van der Waals surface area contributed by atoms with Crippen molar-refractivity contribution in [3.05, 3.63) is 39.6 Å². The normalized spacial score (nSPS) is 10.9.